The molecule has 6 heteroatoms. The van der Waals surface area contributed by atoms with E-state index in [9.17, 15) is 14.9 Å². The number of hydrogen-bond donors (Lipinski definition) is 1. The molecule has 1 fully saturated rings. The summed E-state index contributed by atoms with van der Waals surface area (Å²) in [5.74, 6) is 0.0245. The second-order valence-corrected chi connectivity index (χ2v) is 4.05. The van der Waals surface area contributed by atoms with Crippen molar-refractivity contribution in [2.24, 2.45) is 0 Å². The van der Waals surface area contributed by atoms with Crippen molar-refractivity contribution < 1.29 is 9.72 Å². The first-order chi connectivity index (χ1) is 8.08. The van der Waals surface area contributed by atoms with Crippen LogP contribution in [0.15, 0.2) is 24.3 Å². The lowest BCUT2D eigenvalue weighted by Crippen LogP contribution is -2.30. The molecule has 0 aromatic heterocycles. The number of nitro groups is 1. The average molecular weight is 235 g/mol. The van der Waals surface area contributed by atoms with E-state index in [1.165, 1.54) is 12.1 Å². The van der Waals surface area contributed by atoms with Gasteiger partial charge in [0.15, 0.2) is 0 Å². The van der Waals surface area contributed by atoms with Crippen molar-refractivity contribution in [3.8, 4) is 0 Å². The first kappa shape index (κ1) is 11.4. The Kier molecular flexibility index (Phi) is 2.95. The topological polar surface area (TPSA) is 75.5 Å². The highest BCUT2D eigenvalue weighted by Gasteiger charge is 2.28. The molecule has 2 rings (SSSR count). The Balaban J connectivity index is 2.11. The monoisotopic (exact) mass is 235 g/mol. The van der Waals surface area contributed by atoms with Crippen LogP contribution in [-0.2, 0) is 4.79 Å². The highest BCUT2D eigenvalue weighted by Crippen LogP contribution is 2.20. The molecule has 0 radical (unpaired) electrons. The molecule has 1 N–H and O–H groups in total. The molecule has 0 saturated carbocycles. The van der Waals surface area contributed by atoms with Gasteiger partial charge in [0.1, 0.15) is 6.04 Å². The number of carbonyl (C=O) groups excluding carboxylic acids is 1. The van der Waals surface area contributed by atoms with Gasteiger partial charge in [0.25, 0.3) is 5.69 Å². The van der Waals surface area contributed by atoms with Crippen molar-refractivity contribution in [3.63, 3.8) is 0 Å². The minimum atomic E-state index is -0.451. The van der Waals surface area contributed by atoms with Crippen molar-refractivity contribution in [1.29, 1.82) is 0 Å². The molecule has 0 aliphatic carbocycles. The maximum absolute atomic E-state index is 11.7. The van der Waals surface area contributed by atoms with E-state index in [0.29, 0.717) is 12.2 Å². The highest BCUT2D eigenvalue weighted by atomic mass is 16.6. The molecule has 0 bridgehead atoms. The minimum absolute atomic E-state index is 0.0220. The third-order valence-corrected chi connectivity index (χ3v) is 2.83. The molecule has 1 aliphatic rings. The first-order valence-corrected chi connectivity index (χ1v) is 5.34. The maximum Gasteiger partial charge on any atom is 0.271 e. The van der Waals surface area contributed by atoms with Crippen LogP contribution in [0.1, 0.15) is 6.42 Å². The summed E-state index contributed by atoms with van der Waals surface area (Å²) in [6, 6.07) is 5.91. The number of nitrogens with zero attached hydrogens (tertiary/aromatic N) is 2. The van der Waals surface area contributed by atoms with Crippen LogP contribution in [0.2, 0.25) is 0 Å². The molecular weight excluding hydrogens is 222 g/mol. The SMILES string of the molecule is CN1CCC(Nc2cccc([N+](=O)[O-])c2)C1=O. The quantitative estimate of drug-likeness (QED) is 0.631. The predicted molar refractivity (Wildman–Crippen MR) is 62.8 cm³/mol. The number of benzene rings is 1. The summed E-state index contributed by atoms with van der Waals surface area (Å²) in [5.41, 5.74) is 0.627. The van der Waals surface area contributed by atoms with Crippen LogP contribution in [0.4, 0.5) is 11.4 Å². The molecule has 6 nitrogen and oxygen atoms in total. The fraction of sp³-hybridized carbons (Fsp3) is 0.364. The van der Waals surface area contributed by atoms with Crippen molar-refractivity contribution in [2.45, 2.75) is 12.5 Å². The van der Waals surface area contributed by atoms with Crippen LogP contribution in [0.5, 0.6) is 0 Å². The van der Waals surface area contributed by atoms with E-state index in [0.717, 1.165) is 6.42 Å². The van der Waals surface area contributed by atoms with Crippen molar-refractivity contribution in [2.75, 3.05) is 18.9 Å². The molecule has 90 valence electrons. The summed E-state index contributed by atoms with van der Waals surface area (Å²) in [6.07, 6.45) is 0.720. The minimum Gasteiger partial charge on any atom is -0.373 e. The molecule has 1 saturated heterocycles. The normalized spacial score (nSPS) is 19.5. The Labute approximate surface area is 98.4 Å². The van der Waals surface area contributed by atoms with Gasteiger partial charge in [-0.25, -0.2) is 0 Å². The van der Waals surface area contributed by atoms with Crippen LogP contribution < -0.4 is 5.32 Å². The lowest BCUT2D eigenvalue weighted by atomic mass is 10.2. The van der Waals surface area contributed by atoms with Gasteiger partial charge in [-0.05, 0) is 12.5 Å². The third-order valence-electron chi connectivity index (χ3n) is 2.83. The zero-order valence-electron chi connectivity index (χ0n) is 9.42. The lowest BCUT2D eigenvalue weighted by molar-refractivity contribution is -0.384. The number of nitrogens with one attached hydrogen (secondary N) is 1. The highest BCUT2D eigenvalue weighted by molar-refractivity contribution is 5.86. The smallest absolute Gasteiger partial charge is 0.271 e. The van der Waals surface area contributed by atoms with E-state index in [-0.39, 0.29) is 17.6 Å². The number of rotatable bonds is 3. The number of hydrogen-bond acceptors (Lipinski definition) is 4. The summed E-state index contributed by atoms with van der Waals surface area (Å²) in [5, 5.41) is 13.6. The summed E-state index contributed by atoms with van der Waals surface area (Å²) in [4.78, 5) is 23.5. The predicted octanol–water partition coefficient (Wildman–Crippen LogP) is 1.24. The third kappa shape index (κ3) is 2.35. The van der Waals surface area contributed by atoms with E-state index in [2.05, 4.69) is 5.32 Å². The van der Waals surface area contributed by atoms with Crippen molar-refractivity contribution in [3.05, 3.63) is 34.4 Å². The molecule has 1 aliphatic heterocycles. The molecule has 1 aromatic rings. The molecule has 1 aromatic carbocycles. The molecule has 1 unspecified atom stereocenters. The summed E-state index contributed by atoms with van der Waals surface area (Å²) >= 11 is 0. The zero-order chi connectivity index (χ0) is 12.4. The van der Waals surface area contributed by atoms with Gasteiger partial charge in [0.2, 0.25) is 5.91 Å². The second-order valence-electron chi connectivity index (χ2n) is 4.05. The first-order valence-electron chi connectivity index (χ1n) is 5.34. The van der Waals surface area contributed by atoms with Crippen LogP contribution in [0.3, 0.4) is 0 Å². The van der Waals surface area contributed by atoms with Crippen LogP contribution in [0, 0.1) is 10.1 Å². The number of anilines is 1. The van der Waals surface area contributed by atoms with Crippen LogP contribution in [-0.4, -0.2) is 35.4 Å². The van der Waals surface area contributed by atoms with E-state index >= 15 is 0 Å². The van der Waals surface area contributed by atoms with Gasteiger partial charge < -0.3 is 10.2 Å². The van der Waals surface area contributed by atoms with Crippen LogP contribution in [0.25, 0.3) is 0 Å². The Bertz CT molecular complexity index is 461. The molecule has 1 atom stereocenters. The summed E-state index contributed by atoms with van der Waals surface area (Å²) in [6.45, 7) is 0.714. The fourth-order valence-electron chi connectivity index (χ4n) is 1.87. The van der Waals surface area contributed by atoms with Gasteiger partial charge in [-0.2, -0.15) is 0 Å². The Morgan fingerprint density at radius 1 is 1.53 bits per heavy atom. The van der Waals surface area contributed by atoms with E-state index in [1.54, 1.807) is 24.1 Å². The van der Waals surface area contributed by atoms with Gasteiger partial charge in [-0.3, -0.25) is 14.9 Å². The summed E-state index contributed by atoms with van der Waals surface area (Å²) in [7, 11) is 1.75. The van der Waals surface area contributed by atoms with Gasteiger partial charge in [-0.15, -0.1) is 0 Å². The number of amides is 1. The molecule has 0 spiro atoms. The Morgan fingerprint density at radius 2 is 2.29 bits per heavy atom. The summed E-state index contributed by atoms with van der Waals surface area (Å²) < 4.78 is 0. The van der Waals surface area contributed by atoms with Gasteiger partial charge in [0, 0.05) is 31.4 Å². The molecule has 1 amide bonds. The second kappa shape index (κ2) is 4.40. The van der Waals surface area contributed by atoms with Crippen LogP contribution >= 0.6 is 0 Å². The number of likely N-dealkylation sites (tertiary alicyclic amines) is 1. The number of nitro benzene ring substituents is 1. The molecule has 17 heavy (non-hydrogen) atoms. The fourth-order valence-corrected chi connectivity index (χ4v) is 1.87. The van der Waals surface area contributed by atoms with Gasteiger partial charge in [0.05, 0.1) is 4.92 Å². The number of carbonyl (C=O) groups is 1. The maximum atomic E-state index is 11.7. The van der Waals surface area contributed by atoms with E-state index < -0.39 is 4.92 Å². The lowest BCUT2D eigenvalue weighted by Gasteiger charge is -2.13. The Morgan fingerprint density at radius 3 is 2.88 bits per heavy atom. The molecular formula is C11H13N3O3. The Hall–Kier alpha value is -2.11. The molecule has 1 heterocycles. The van der Waals surface area contributed by atoms with E-state index in [4.69, 9.17) is 0 Å². The van der Waals surface area contributed by atoms with Crippen molar-refractivity contribution in [1.82, 2.24) is 4.90 Å². The van der Waals surface area contributed by atoms with E-state index in [1.807, 2.05) is 0 Å². The number of non-ortho nitro benzene ring substituents is 1. The number of likely N-dealkylation sites (N-methyl/N-ethyl adjacent to an activating group) is 1. The van der Waals surface area contributed by atoms with Crippen molar-refractivity contribution >= 4 is 17.3 Å². The standard InChI is InChI=1S/C11H13N3O3/c1-13-6-5-10(11(13)15)12-8-3-2-4-9(7-8)14(16)17/h2-4,7,10,12H,5-6H2,1H3. The van der Waals surface area contributed by atoms with Gasteiger partial charge in [-0.1, -0.05) is 6.07 Å². The largest absolute Gasteiger partial charge is 0.373 e. The zero-order valence-corrected chi connectivity index (χ0v) is 9.42. The van der Waals surface area contributed by atoms with Gasteiger partial charge >= 0.3 is 0 Å². The average Bonchev–Trinajstić information content (AvgIpc) is 2.61.